The van der Waals surface area contributed by atoms with Crippen LogP contribution >= 0.6 is 0 Å². The maximum Gasteiger partial charge on any atom is 0.287 e. The number of nitrogens with two attached hydrogens (primary N) is 1. The molecule has 0 unspecified atom stereocenters. The van der Waals surface area contributed by atoms with Gasteiger partial charge in [-0.05, 0) is 0 Å². The number of rotatable bonds is 4. The van der Waals surface area contributed by atoms with Crippen LogP contribution in [0.15, 0.2) is 6.20 Å². The zero-order valence-corrected chi connectivity index (χ0v) is 11.4. The molecule has 0 radical (unpaired) electrons. The number of hydrazine groups is 1. The Labute approximate surface area is 116 Å². The molecule has 1 aromatic heterocycles. The van der Waals surface area contributed by atoms with Crippen LogP contribution in [0.2, 0.25) is 0 Å². The number of hydrogen-bond donors (Lipinski definition) is 2. The van der Waals surface area contributed by atoms with Gasteiger partial charge in [0.15, 0.2) is 5.69 Å². The third kappa shape index (κ3) is 3.52. The van der Waals surface area contributed by atoms with Gasteiger partial charge < -0.3 is 4.90 Å². The molecule has 0 bridgehead atoms. The molecule has 1 aliphatic rings. The van der Waals surface area contributed by atoms with Gasteiger partial charge in [-0.3, -0.25) is 24.6 Å². The molecular formula is C11H19N7O2. The average molecular weight is 281 g/mol. The predicted octanol–water partition coefficient (Wildman–Crippen LogP) is -1.95. The summed E-state index contributed by atoms with van der Waals surface area (Å²) in [6.07, 6.45) is 1.56. The summed E-state index contributed by atoms with van der Waals surface area (Å²) < 4.78 is 1.61. The fraction of sp³-hybridized carbons (Fsp3) is 0.636. The van der Waals surface area contributed by atoms with Gasteiger partial charge in [0.25, 0.3) is 5.91 Å². The quantitative estimate of drug-likeness (QED) is 0.377. The van der Waals surface area contributed by atoms with Gasteiger partial charge in [0, 0.05) is 39.6 Å². The van der Waals surface area contributed by atoms with Crippen LogP contribution in [0.25, 0.3) is 0 Å². The highest BCUT2D eigenvalue weighted by molar-refractivity contribution is 5.91. The highest BCUT2D eigenvalue weighted by atomic mass is 16.2. The molecule has 3 N–H and O–H groups in total. The number of amides is 2. The number of nitrogens with zero attached hydrogens (tertiary/aromatic N) is 5. The maximum absolute atomic E-state index is 11.2. The van der Waals surface area contributed by atoms with Gasteiger partial charge in [-0.25, -0.2) is 5.84 Å². The predicted molar refractivity (Wildman–Crippen MR) is 70.4 cm³/mol. The minimum atomic E-state index is -0.452. The van der Waals surface area contributed by atoms with Crippen LogP contribution in [0.3, 0.4) is 0 Å². The lowest BCUT2D eigenvalue weighted by molar-refractivity contribution is -0.130. The zero-order chi connectivity index (χ0) is 14.5. The van der Waals surface area contributed by atoms with Crippen LogP contribution in [0.4, 0.5) is 0 Å². The summed E-state index contributed by atoms with van der Waals surface area (Å²) in [7, 11) is 0. The van der Waals surface area contributed by atoms with Gasteiger partial charge in [0.05, 0.1) is 12.7 Å². The molecule has 0 saturated carbocycles. The van der Waals surface area contributed by atoms with Gasteiger partial charge in [-0.15, -0.1) is 5.10 Å². The molecule has 2 rings (SSSR count). The zero-order valence-electron chi connectivity index (χ0n) is 11.4. The third-order valence-electron chi connectivity index (χ3n) is 3.37. The fourth-order valence-corrected chi connectivity index (χ4v) is 2.12. The molecule has 20 heavy (non-hydrogen) atoms. The van der Waals surface area contributed by atoms with Crippen LogP contribution < -0.4 is 11.3 Å². The van der Waals surface area contributed by atoms with E-state index in [1.54, 1.807) is 17.8 Å². The average Bonchev–Trinajstić information content (AvgIpc) is 2.93. The topological polar surface area (TPSA) is 109 Å². The first-order valence-electron chi connectivity index (χ1n) is 6.49. The number of aromatic nitrogens is 3. The van der Waals surface area contributed by atoms with Crippen LogP contribution in [-0.4, -0.2) is 69.3 Å². The van der Waals surface area contributed by atoms with Gasteiger partial charge in [-0.2, -0.15) is 0 Å². The van der Waals surface area contributed by atoms with Crippen LogP contribution in [-0.2, 0) is 11.3 Å². The SMILES string of the molecule is CC(=O)N1CCN(CCn2cc(C(=O)NN)nn2)CC1. The lowest BCUT2D eigenvalue weighted by Crippen LogP contribution is -2.48. The summed E-state index contributed by atoms with van der Waals surface area (Å²) in [5.74, 6) is 4.70. The molecule has 0 aliphatic carbocycles. The Kier molecular flexibility index (Phi) is 4.64. The molecule has 2 amide bonds. The summed E-state index contributed by atoms with van der Waals surface area (Å²) in [5, 5.41) is 7.61. The third-order valence-corrected chi connectivity index (χ3v) is 3.37. The molecule has 9 nitrogen and oxygen atoms in total. The molecule has 0 spiro atoms. The van der Waals surface area contributed by atoms with E-state index in [2.05, 4.69) is 15.2 Å². The van der Waals surface area contributed by atoms with Crippen LogP contribution in [0, 0.1) is 0 Å². The molecule has 2 heterocycles. The largest absolute Gasteiger partial charge is 0.340 e. The first kappa shape index (κ1) is 14.4. The number of carbonyl (C=O) groups excluding carboxylic acids is 2. The van der Waals surface area contributed by atoms with Gasteiger partial charge in [0.2, 0.25) is 5.91 Å². The van der Waals surface area contributed by atoms with Gasteiger partial charge in [0.1, 0.15) is 0 Å². The number of nitrogens with one attached hydrogen (secondary N) is 1. The van der Waals surface area contributed by atoms with E-state index in [0.717, 1.165) is 32.7 Å². The van der Waals surface area contributed by atoms with Crippen molar-refractivity contribution in [1.82, 2.24) is 30.2 Å². The van der Waals surface area contributed by atoms with Crippen molar-refractivity contribution in [3.05, 3.63) is 11.9 Å². The van der Waals surface area contributed by atoms with Crippen molar-refractivity contribution in [3.8, 4) is 0 Å². The van der Waals surface area contributed by atoms with Crippen molar-refractivity contribution >= 4 is 11.8 Å². The fourth-order valence-electron chi connectivity index (χ4n) is 2.12. The van der Waals surface area contributed by atoms with Crippen LogP contribution in [0.5, 0.6) is 0 Å². The standard InChI is InChI=1S/C11H19N7O2/c1-9(19)17-5-2-16(3-6-17)4-7-18-8-10(14-15-18)11(20)13-12/h8H,2-7,12H2,1H3,(H,13,20). The number of carbonyl (C=O) groups is 2. The lowest BCUT2D eigenvalue weighted by Gasteiger charge is -2.34. The molecule has 1 aliphatic heterocycles. The second kappa shape index (κ2) is 6.44. The van der Waals surface area contributed by atoms with E-state index < -0.39 is 5.91 Å². The van der Waals surface area contributed by atoms with E-state index in [-0.39, 0.29) is 11.6 Å². The Morgan fingerprint density at radius 3 is 2.60 bits per heavy atom. The molecule has 0 atom stereocenters. The molecule has 0 aromatic carbocycles. The van der Waals surface area contributed by atoms with E-state index in [0.29, 0.717) is 6.54 Å². The highest BCUT2D eigenvalue weighted by Crippen LogP contribution is 2.02. The first-order valence-corrected chi connectivity index (χ1v) is 6.49. The summed E-state index contributed by atoms with van der Waals surface area (Å²) >= 11 is 0. The van der Waals surface area contributed by atoms with E-state index in [1.807, 2.05) is 10.3 Å². The molecule has 1 aromatic rings. The van der Waals surface area contributed by atoms with E-state index >= 15 is 0 Å². The van der Waals surface area contributed by atoms with E-state index in [4.69, 9.17) is 5.84 Å². The summed E-state index contributed by atoms with van der Waals surface area (Å²) in [6.45, 7) is 6.26. The normalized spacial score (nSPS) is 16.2. The lowest BCUT2D eigenvalue weighted by atomic mass is 10.3. The smallest absolute Gasteiger partial charge is 0.287 e. The Balaban J connectivity index is 1.77. The number of nitrogen functional groups attached to an aromatic ring is 1. The minimum absolute atomic E-state index is 0.123. The van der Waals surface area contributed by atoms with Crippen molar-refractivity contribution < 1.29 is 9.59 Å². The summed E-state index contributed by atoms with van der Waals surface area (Å²) in [4.78, 5) is 26.5. The second-order valence-corrected chi connectivity index (χ2v) is 4.69. The van der Waals surface area contributed by atoms with E-state index in [1.165, 1.54) is 0 Å². The van der Waals surface area contributed by atoms with Gasteiger partial charge >= 0.3 is 0 Å². The minimum Gasteiger partial charge on any atom is -0.340 e. The highest BCUT2D eigenvalue weighted by Gasteiger charge is 2.18. The maximum atomic E-state index is 11.2. The summed E-state index contributed by atoms with van der Waals surface area (Å²) in [6, 6.07) is 0. The molecule has 1 saturated heterocycles. The van der Waals surface area contributed by atoms with Crippen molar-refractivity contribution in [1.29, 1.82) is 0 Å². The second-order valence-electron chi connectivity index (χ2n) is 4.69. The van der Waals surface area contributed by atoms with Crippen LogP contribution in [0.1, 0.15) is 17.4 Å². The van der Waals surface area contributed by atoms with Crippen molar-refractivity contribution in [3.63, 3.8) is 0 Å². The number of piperazine rings is 1. The van der Waals surface area contributed by atoms with E-state index in [9.17, 15) is 9.59 Å². The van der Waals surface area contributed by atoms with Crippen molar-refractivity contribution in [2.45, 2.75) is 13.5 Å². The Bertz CT molecular complexity index is 479. The monoisotopic (exact) mass is 281 g/mol. The Morgan fingerprint density at radius 1 is 1.30 bits per heavy atom. The first-order chi connectivity index (χ1) is 9.60. The molecular weight excluding hydrogens is 262 g/mol. The number of hydrogen-bond acceptors (Lipinski definition) is 6. The summed E-state index contributed by atoms with van der Waals surface area (Å²) in [5.41, 5.74) is 2.22. The Hall–Kier alpha value is -2.00. The molecule has 9 heteroatoms. The Morgan fingerprint density at radius 2 is 2.00 bits per heavy atom. The van der Waals surface area contributed by atoms with Crippen molar-refractivity contribution in [2.24, 2.45) is 5.84 Å². The van der Waals surface area contributed by atoms with Crippen molar-refractivity contribution in [2.75, 3.05) is 32.7 Å². The molecule has 1 fully saturated rings. The molecule has 110 valence electrons. The van der Waals surface area contributed by atoms with Gasteiger partial charge in [-0.1, -0.05) is 5.21 Å².